The van der Waals surface area contributed by atoms with Crippen molar-refractivity contribution in [3.63, 3.8) is 0 Å². The predicted molar refractivity (Wildman–Crippen MR) is 89.5 cm³/mol. The van der Waals surface area contributed by atoms with Gasteiger partial charge in [0.05, 0.1) is 13.2 Å². The van der Waals surface area contributed by atoms with Gasteiger partial charge in [0.1, 0.15) is 0 Å². The van der Waals surface area contributed by atoms with Crippen LogP contribution >= 0.6 is 0 Å². The summed E-state index contributed by atoms with van der Waals surface area (Å²) in [6, 6.07) is 3.93. The van der Waals surface area contributed by atoms with Crippen molar-refractivity contribution in [3.8, 4) is 5.75 Å². The Morgan fingerprint density at radius 2 is 2.13 bits per heavy atom. The van der Waals surface area contributed by atoms with Crippen LogP contribution in [-0.2, 0) is 4.79 Å². The van der Waals surface area contributed by atoms with Crippen LogP contribution in [0, 0.1) is 0 Å². The Labute approximate surface area is 137 Å². The molecule has 6 nitrogen and oxygen atoms in total. The van der Waals surface area contributed by atoms with Crippen molar-refractivity contribution in [1.82, 2.24) is 10.3 Å². The molecule has 1 amide bonds. The van der Waals surface area contributed by atoms with Gasteiger partial charge in [-0.15, -0.1) is 0 Å². The molecule has 128 valence electrons. The molecule has 1 aromatic heterocycles. The molecule has 1 aliphatic carbocycles. The number of hydrogen-bond donors (Lipinski definition) is 3. The highest BCUT2D eigenvalue weighted by Crippen LogP contribution is 2.20. The van der Waals surface area contributed by atoms with E-state index in [9.17, 15) is 9.90 Å². The summed E-state index contributed by atoms with van der Waals surface area (Å²) in [5, 5.41) is 15.8. The lowest BCUT2D eigenvalue weighted by molar-refractivity contribution is -0.122. The number of rotatable bonds is 8. The second kappa shape index (κ2) is 9.35. The molecule has 0 aliphatic heterocycles. The molecule has 1 saturated carbocycles. The number of aliphatic hydroxyl groups is 1. The van der Waals surface area contributed by atoms with E-state index in [-0.39, 0.29) is 18.1 Å². The predicted octanol–water partition coefficient (Wildman–Crippen LogP) is 2.09. The molecule has 6 heteroatoms. The molecule has 0 radical (unpaired) electrons. The third-order valence-corrected chi connectivity index (χ3v) is 4.18. The second-order valence-electron chi connectivity index (χ2n) is 6.01. The van der Waals surface area contributed by atoms with Gasteiger partial charge in [0.25, 0.3) is 0 Å². The van der Waals surface area contributed by atoms with E-state index in [1.54, 1.807) is 13.3 Å². The number of unbranched alkanes of at least 4 members (excludes halogenated alkanes) is 1. The molecule has 1 heterocycles. The number of nitrogens with one attached hydrogen (secondary N) is 2. The van der Waals surface area contributed by atoms with Crippen molar-refractivity contribution in [1.29, 1.82) is 0 Å². The molecule has 0 spiro atoms. The summed E-state index contributed by atoms with van der Waals surface area (Å²) in [6.45, 7) is 0.760. The monoisotopic (exact) mass is 321 g/mol. The summed E-state index contributed by atoms with van der Waals surface area (Å²) >= 11 is 0. The Kier molecular flexibility index (Phi) is 7.13. The summed E-state index contributed by atoms with van der Waals surface area (Å²) in [5.74, 6) is 1.58. The van der Waals surface area contributed by atoms with Crippen molar-refractivity contribution in [3.05, 3.63) is 18.3 Å². The Morgan fingerprint density at radius 3 is 2.87 bits per heavy atom. The first-order chi connectivity index (χ1) is 11.2. The summed E-state index contributed by atoms with van der Waals surface area (Å²) in [5.41, 5.74) is 0. The van der Waals surface area contributed by atoms with Crippen LogP contribution < -0.4 is 15.4 Å². The molecule has 3 N–H and O–H groups in total. The standard InChI is InChI=1S/C17H27N3O3/c1-23-15-5-4-12-19-17(15)18-11-3-2-6-16(22)20-13-7-9-14(21)10-8-13/h4-5,12-14,21H,2-3,6-11H2,1H3,(H,18,19)(H,20,22). The molecule has 0 aromatic carbocycles. The van der Waals surface area contributed by atoms with E-state index < -0.39 is 0 Å². The molecule has 23 heavy (non-hydrogen) atoms. The van der Waals surface area contributed by atoms with Gasteiger partial charge in [0.2, 0.25) is 5.91 Å². The van der Waals surface area contributed by atoms with Gasteiger partial charge in [-0.3, -0.25) is 4.79 Å². The zero-order valence-corrected chi connectivity index (χ0v) is 13.8. The highest BCUT2D eigenvalue weighted by atomic mass is 16.5. The normalized spacial score (nSPS) is 20.8. The molecular weight excluding hydrogens is 294 g/mol. The average Bonchev–Trinajstić information content (AvgIpc) is 2.57. The Balaban J connectivity index is 1.57. The first kappa shape index (κ1) is 17.5. The fourth-order valence-electron chi connectivity index (χ4n) is 2.83. The first-order valence-corrected chi connectivity index (χ1v) is 8.39. The number of ether oxygens (including phenoxy) is 1. The minimum absolute atomic E-state index is 0.113. The number of carbonyl (C=O) groups excluding carboxylic acids is 1. The summed E-state index contributed by atoms with van der Waals surface area (Å²) in [7, 11) is 1.62. The lowest BCUT2D eigenvalue weighted by atomic mass is 9.93. The summed E-state index contributed by atoms with van der Waals surface area (Å²) in [6.07, 6.45) is 7.17. The van der Waals surface area contributed by atoms with E-state index in [1.807, 2.05) is 12.1 Å². The fourth-order valence-corrected chi connectivity index (χ4v) is 2.83. The van der Waals surface area contributed by atoms with Gasteiger partial charge in [-0.1, -0.05) is 0 Å². The average molecular weight is 321 g/mol. The molecule has 0 bridgehead atoms. The minimum atomic E-state index is -0.183. The number of hydrogen-bond acceptors (Lipinski definition) is 5. The number of pyridine rings is 1. The van der Waals surface area contributed by atoms with Crippen LogP contribution in [0.15, 0.2) is 18.3 Å². The van der Waals surface area contributed by atoms with E-state index in [0.717, 1.165) is 56.6 Å². The van der Waals surface area contributed by atoms with Gasteiger partial charge in [-0.05, 0) is 50.7 Å². The highest BCUT2D eigenvalue weighted by molar-refractivity contribution is 5.76. The highest BCUT2D eigenvalue weighted by Gasteiger charge is 2.20. The lowest BCUT2D eigenvalue weighted by Crippen LogP contribution is -2.38. The Hall–Kier alpha value is -1.82. The number of nitrogens with zero attached hydrogens (tertiary/aromatic N) is 1. The smallest absolute Gasteiger partial charge is 0.220 e. The van der Waals surface area contributed by atoms with E-state index in [0.29, 0.717) is 6.42 Å². The Bertz CT molecular complexity index is 488. The molecule has 1 aromatic rings. The van der Waals surface area contributed by atoms with Crippen LogP contribution in [-0.4, -0.2) is 41.8 Å². The second-order valence-corrected chi connectivity index (χ2v) is 6.01. The zero-order chi connectivity index (χ0) is 16.5. The number of aromatic nitrogens is 1. The van der Waals surface area contributed by atoms with Crippen LogP contribution in [0.4, 0.5) is 5.82 Å². The summed E-state index contributed by atoms with van der Waals surface area (Å²) < 4.78 is 5.23. The van der Waals surface area contributed by atoms with Crippen molar-refractivity contribution < 1.29 is 14.6 Å². The van der Waals surface area contributed by atoms with Gasteiger partial charge >= 0.3 is 0 Å². The van der Waals surface area contributed by atoms with E-state index in [4.69, 9.17) is 4.74 Å². The van der Waals surface area contributed by atoms with Crippen molar-refractivity contribution in [2.24, 2.45) is 0 Å². The largest absolute Gasteiger partial charge is 0.493 e. The van der Waals surface area contributed by atoms with Gasteiger partial charge in [0, 0.05) is 25.2 Å². The van der Waals surface area contributed by atoms with E-state index in [1.165, 1.54) is 0 Å². The minimum Gasteiger partial charge on any atom is -0.493 e. The van der Waals surface area contributed by atoms with Crippen LogP contribution in [0.2, 0.25) is 0 Å². The molecule has 0 atom stereocenters. The van der Waals surface area contributed by atoms with E-state index >= 15 is 0 Å². The molecule has 0 unspecified atom stereocenters. The fraction of sp³-hybridized carbons (Fsp3) is 0.647. The molecule has 2 rings (SSSR count). The topological polar surface area (TPSA) is 83.5 Å². The maximum Gasteiger partial charge on any atom is 0.220 e. The Morgan fingerprint density at radius 1 is 1.35 bits per heavy atom. The van der Waals surface area contributed by atoms with Gasteiger partial charge < -0.3 is 20.5 Å². The maximum atomic E-state index is 11.9. The number of aliphatic hydroxyl groups excluding tert-OH is 1. The van der Waals surface area contributed by atoms with Gasteiger partial charge in [-0.2, -0.15) is 0 Å². The van der Waals surface area contributed by atoms with Crippen LogP contribution in [0.3, 0.4) is 0 Å². The quantitative estimate of drug-likeness (QED) is 0.639. The third-order valence-electron chi connectivity index (χ3n) is 4.18. The number of carbonyl (C=O) groups is 1. The SMILES string of the molecule is COc1cccnc1NCCCCC(=O)NC1CCC(O)CC1. The van der Waals surface area contributed by atoms with Gasteiger partial charge in [0.15, 0.2) is 11.6 Å². The molecule has 1 aliphatic rings. The van der Waals surface area contributed by atoms with Crippen molar-refractivity contribution in [2.45, 2.75) is 57.1 Å². The third kappa shape index (κ3) is 6.06. The summed E-state index contributed by atoms with van der Waals surface area (Å²) in [4.78, 5) is 16.1. The maximum absolute atomic E-state index is 11.9. The number of amides is 1. The molecular formula is C17H27N3O3. The lowest BCUT2D eigenvalue weighted by Gasteiger charge is -2.26. The molecule has 0 saturated heterocycles. The first-order valence-electron chi connectivity index (χ1n) is 8.39. The number of anilines is 1. The number of methoxy groups -OCH3 is 1. The molecule has 1 fully saturated rings. The van der Waals surface area contributed by atoms with Crippen LogP contribution in [0.25, 0.3) is 0 Å². The zero-order valence-electron chi connectivity index (χ0n) is 13.8. The van der Waals surface area contributed by atoms with Crippen molar-refractivity contribution >= 4 is 11.7 Å². The van der Waals surface area contributed by atoms with E-state index in [2.05, 4.69) is 15.6 Å². The van der Waals surface area contributed by atoms with Crippen molar-refractivity contribution in [2.75, 3.05) is 19.0 Å². The van der Waals surface area contributed by atoms with Gasteiger partial charge in [-0.25, -0.2) is 4.98 Å². The van der Waals surface area contributed by atoms with Crippen LogP contribution in [0.1, 0.15) is 44.9 Å². The van der Waals surface area contributed by atoms with Crippen LogP contribution in [0.5, 0.6) is 5.75 Å².